The summed E-state index contributed by atoms with van der Waals surface area (Å²) < 4.78 is 28.4. The van der Waals surface area contributed by atoms with Gasteiger partial charge in [-0.2, -0.15) is 0 Å². The molecule has 0 saturated carbocycles. The molecule has 0 radical (unpaired) electrons. The van der Waals surface area contributed by atoms with Gasteiger partial charge in [-0.3, -0.25) is 10.2 Å². The number of hydrogen-bond acceptors (Lipinski definition) is 9. The summed E-state index contributed by atoms with van der Waals surface area (Å²) in [6.45, 7) is 4.82. The third-order valence-corrected chi connectivity index (χ3v) is 7.09. The van der Waals surface area contributed by atoms with Crippen LogP contribution in [0.2, 0.25) is 0 Å². The lowest BCUT2D eigenvalue weighted by Gasteiger charge is -2.30. The second-order valence-corrected chi connectivity index (χ2v) is 9.87. The van der Waals surface area contributed by atoms with Gasteiger partial charge in [0, 0.05) is 31.6 Å². The molecule has 0 spiro atoms. The molecule has 4 rings (SSSR count). The highest BCUT2D eigenvalue weighted by Gasteiger charge is 2.52. The molecule has 0 fully saturated rings. The number of rotatable bonds is 16. The number of nitrogens with one attached hydrogen (secondary N) is 2. The van der Waals surface area contributed by atoms with E-state index in [1.807, 2.05) is 54.6 Å². The van der Waals surface area contributed by atoms with E-state index in [2.05, 4.69) is 17.4 Å². The number of hydrazine groups is 1. The summed E-state index contributed by atoms with van der Waals surface area (Å²) in [5, 5.41) is 9.01. The maximum Gasteiger partial charge on any atom is 0.266 e. The monoisotopic (exact) mass is 589 g/mol. The van der Waals surface area contributed by atoms with Gasteiger partial charge in [-0.25, -0.2) is 10.4 Å². The average molecular weight is 590 g/mol. The van der Waals surface area contributed by atoms with Crippen LogP contribution in [0.15, 0.2) is 84.4 Å². The molecule has 0 bridgehead atoms. The zero-order valence-electron chi connectivity index (χ0n) is 24.8. The summed E-state index contributed by atoms with van der Waals surface area (Å²) in [5.41, 5.74) is 6.93. The molecule has 0 saturated heterocycles. The van der Waals surface area contributed by atoms with E-state index in [1.54, 1.807) is 39.5 Å². The Hall–Kier alpha value is -4.54. The van der Waals surface area contributed by atoms with E-state index < -0.39 is 11.6 Å². The first-order valence-corrected chi connectivity index (χ1v) is 14.1. The fraction of sp³-hybridized carbons (Fsp3) is 0.333. The quantitative estimate of drug-likeness (QED) is 0.129. The molecule has 0 unspecified atom stereocenters. The normalized spacial score (nSPS) is 17.4. The standard InChI is InChI=1S/C33H39N3O7/c1-5-17-33(32(38)36-34-18-16-24-21-28(40-3)14-15-29(24)41-4)30(25-8-6-9-27(22-25)39-2)43-31(35-33)23-10-12-26(13-11-23)42-20-7-19-37/h5-6,8-15,21-22,30,34,37H,1,7,16-20H2,2-4H3,(H,36,38)/t30-,33-/m0/s1. The van der Waals surface area contributed by atoms with Crippen molar-refractivity contribution in [2.24, 2.45) is 4.99 Å². The van der Waals surface area contributed by atoms with Gasteiger partial charge in [-0.05, 0) is 72.1 Å². The van der Waals surface area contributed by atoms with Crippen LogP contribution in [0.4, 0.5) is 0 Å². The lowest BCUT2D eigenvalue weighted by molar-refractivity contribution is -0.129. The average Bonchev–Trinajstić information content (AvgIpc) is 3.44. The number of ether oxygens (including phenoxy) is 5. The molecule has 2 atom stereocenters. The molecular weight excluding hydrogens is 550 g/mol. The molecule has 1 heterocycles. The Morgan fingerprint density at radius 3 is 2.47 bits per heavy atom. The van der Waals surface area contributed by atoms with E-state index in [4.69, 9.17) is 33.8 Å². The number of aliphatic hydroxyl groups is 1. The highest BCUT2D eigenvalue weighted by Crippen LogP contribution is 2.43. The van der Waals surface area contributed by atoms with Crippen molar-refractivity contribution in [3.63, 3.8) is 0 Å². The van der Waals surface area contributed by atoms with Crippen LogP contribution in [0.25, 0.3) is 0 Å². The van der Waals surface area contributed by atoms with Crippen LogP contribution in [0, 0.1) is 0 Å². The van der Waals surface area contributed by atoms with Crippen LogP contribution >= 0.6 is 0 Å². The maximum absolute atomic E-state index is 14.0. The van der Waals surface area contributed by atoms with Gasteiger partial charge in [0.2, 0.25) is 5.90 Å². The first kappa shape index (κ1) is 31.4. The van der Waals surface area contributed by atoms with E-state index in [9.17, 15) is 4.79 Å². The predicted octanol–water partition coefficient (Wildman–Crippen LogP) is 4.17. The lowest BCUT2D eigenvalue weighted by Crippen LogP contribution is -2.52. The van der Waals surface area contributed by atoms with Crippen LogP contribution in [0.1, 0.15) is 35.6 Å². The molecule has 3 aromatic carbocycles. The summed E-state index contributed by atoms with van der Waals surface area (Å²) in [7, 11) is 4.82. The largest absolute Gasteiger partial charge is 0.497 e. The smallest absolute Gasteiger partial charge is 0.266 e. The fourth-order valence-electron chi connectivity index (χ4n) is 4.87. The van der Waals surface area contributed by atoms with Gasteiger partial charge in [0.15, 0.2) is 11.6 Å². The molecule has 3 aromatic rings. The number of carbonyl (C=O) groups is 1. The van der Waals surface area contributed by atoms with Crippen LogP contribution in [0.3, 0.4) is 0 Å². The van der Waals surface area contributed by atoms with Crippen molar-refractivity contribution in [2.75, 3.05) is 41.1 Å². The van der Waals surface area contributed by atoms with Gasteiger partial charge in [-0.15, -0.1) is 6.58 Å². The van der Waals surface area contributed by atoms with Crippen LogP contribution < -0.4 is 29.8 Å². The molecule has 10 nitrogen and oxygen atoms in total. The Morgan fingerprint density at radius 2 is 1.77 bits per heavy atom. The molecule has 1 aliphatic heterocycles. The van der Waals surface area contributed by atoms with E-state index in [1.165, 1.54) is 0 Å². The van der Waals surface area contributed by atoms with Crippen molar-refractivity contribution < 1.29 is 33.6 Å². The lowest BCUT2D eigenvalue weighted by atomic mass is 9.84. The van der Waals surface area contributed by atoms with Gasteiger partial charge in [0.05, 0.1) is 27.9 Å². The second kappa shape index (κ2) is 15.1. The number of benzene rings is 3. The Bertz CT molecular complexity index is 1410. The number of aliphatic hydroxyl groups excluding tert-OH is 1. The number of nitrogens with zero attached hydrogens (tertiary/aromatic N) is 1. The van der Waals surface area contributed by atoms with Crippen molar-refractivity contribution in [1.29, 1.82) is 0 Å². The zero-order chi connectivity index (χ0) is 30.7. The Morgan fingerprint density at radius 1 is 1.02 bits per heavy atom. The van der Waals surface area contributed by atoms with Crippen molar-refractivity contribution in [2.45, 2.75) is 30.9 Å². The zero-order valence-corrected chi connectivity index (χ0v) is 24.8. The minimum absolute atomic E-state index is 0.0614. The summed E-state index contributed by atoms with van der Waals surface area (Å²) >= 11 is 0. The summed E-state index contributed by atoms with van der Waals surface area (Å²) in [4.78, 5) is 18.9. The number of hydrogen-bond donors (Lipinski definition) is 3. The van der Waals surface area contributed by atoms with Gasteiger partial charge in [0.1, 0.15) is 23.0 Å². The molecule has 10 heteroatoms. The number of aliphatic imine (C=N–C) groups is 1. The minimum atomic E-state index is -1.35. The molecule has 43 heavy (non-hydrogen) atoms. The SMILES string of the molecule is C=CC[C@]1(C(=O)NNCCc2cc(OC)ccc2OC)N=C(c2ccc(OCCCO)cc2)O[C@H]1c1cccc(OC)c1. The van der Waals surface area contributed by atoms with Crippen molar-refractivity contribution in [3.05, 3.63) is 96.1 Å². The first-order chi connectivity index (χ1) is 21.0. The van der Waals surface area contributed by atoms with E-state index in [-0.39, 0.29) is 18.9 Å². The molecule has 3 N–H and O–H groups in total. The maximum atomic E-state index is 14.0. The second-order valence-electron chi connectivity index (χ2n) is 9.87. The van der Waals surface area contributed by atoms with Crippen LogP contribution in [-0.4, -0.2) is 63.5 Å². The molecule has 0 aromatic heterocycles. The van der Waals surface area contributed by atoms with Crippen molar-refractivity contribution in [3.8, 4) is 23.0 Å². The van der Waals surface area contributed by atoms with Crippen molar-refractivity contribution >= 4 is 11.8 Å². The Labute approximate surface area is 252 Å². The van der Waals surface area contributed by atoms with Gasteiger partial charge in [0.25, 0.3) is 5.91 Å². The van der Waals surface area contributed by atoms with E-state index in [0.29, 0.717) is 49.0 Å². The highest BCUT2D eigenvalue weighted by atomic mass is 16.5. The third-order valence-electron chi connectivity index (χ3n) is 7.09. The molecule has 228 valence electrons. The van der Waals surface area contributed by atoms with Crippen molar-refractivity contribution in [1.82, 2.24) is 10.9 Å². The number of amides is 1. The molecule has 1 amide bonds. The number of methoxy groups -OCH3 is 3. The molecule has 0 aliphatic carbocycles. The summed E-state index contributed by atoms with van der Waals surface area (Å²) in [5.74, 6) is 2.72. The molecular formula is C33H39N3O7. The Kier molecular flexibility index (Phi) is 11.0. The third kappa shape index (κ3) is 7.46. The van der Waals surface area contributed by atoms with Crippen LogP contribution in [-0.2, 0) is 16.0 Å². The highest BCUT2D eigenvalue weighted by molar-refractivity contribution is 6.01. The summed E-state index contributed by atoms with van der Waals surface area (Å²) in [6.07, 6.45) is 2.25. The topological polar surface area (TPSA) is 120 Å². The summed E-state index contributed by atoms with van der Waals surface area (Å²) in [6, 6.07) is 20.3. The first-order valence-electron chi connectivity index (χ1n) is 14.1. The van der Waals surface area contributed by atoms with E-state index in [0.717, 1.165) is 22.6 Å². The predicted molar refractivity (Wildman–Crippen MR) is 164 cm³/mol. The van der Waals surface area contributed by atoms with E-state index >= 15 is 0 Å². The number of carbonyl (C=O) groups excluding carboxylic acids is 1. The van der Waals surface area contributed by atoms with Gasteiger partial charge in [-0.1, -0.05) is 18.2 Å². The Balaban J connectivity index is 1.58. The molecule has 1 aliphatic rings. The van der Waals surface area contributed by atoms with Crippen LogP contribution in [0.5, 0.6) is 23.0 Å². The van der Waals surface area contributed by atoms with Gasteiger partial charge >= 0.3 is 0 Å². The fourth-order valence-corrected chi connectivity index (χ4v) is 4.87. The van der Waals surface area contributed by atoms with Gasteiger partial charge < -0.3 is 28.8 Å². The minimum Gasteiger partial charge on any atom is -0.497 e.